The van der Waals surface area contributed by atoms with Crippen LogP contribution in [0.5, 0.6) is 0 Å². The number of nitrogens with zero attached hydrogens (tertiary/aromatic N) is 4. The lowest BCUT2D eigenvalue weighted by atomic mass is 10.1. The summed E-state index contributed by atoms with van der Waals surface area (Å²) in [5, 5.41) is 11.3. The number of halogens is 2. The second-order valence-corrected chi connectivity index (χ2v) is 10.3. The van der Waals surface area contributed by atoms with Crippen LogP contribution in [0.15, 0.2) is 47.4 Å². The molecule has 0 aliphatic rings. The maximum atomic E-state index is 14.6. The minimum absolute atomic E-state index is 0.0973. The van der Waals surface area contributed by atoms with Crippen molar-refractivity contribution in [2.45, 2.75) is 37.8 Å². The van der Waals surface area contributed by atoms with Crippen LogP contribution in [-0.2, 0) is 23.6 Å². The molecule has 2 aromatic carbocycles. The van der Waals surface area contributed by atoms with Crippen LogP contribution in [0.2, 0.25) is 5.02 Å². The summed E-state index contributed by atoms with van der Waals surface area (Å²) >= 11 is 6.09. The highest BCUT2D eigenvalue weighted by atomic mass is 35.5. The van der Waals surface area contributed by atoms with Gasteiger partial charge in [-0.15, -0.1) is 10.2 Å². The molecule has 1 heterocycles. The van der Waals surface area contributed by atoms with Gasteiger partial charge in [0.1, 0.15) is 11.6 Å². The lowest BCUT2D eigenvalue weighted by Crippen LogP contribution is -2.46. The predicted octanol–water partition coefficient (Wildman–Crippen LogP) is 3.99. The Morgan fingerprint density at radius 1 is 1.16 bits per heavy atom. The monoisotopic (exact) mass is 465 g/mol. The van der Waals surface area contributed by atoms with E-state index in [1.807, 2.05) is 0 Å². The molecule has 3 rings (SSSR count). The molecular weight excluding hydrogens is 441 g/mol. The van der Waals surface area contributed by atoms with Crippen LogP contribution in [-0.4, -0.2) is 35.8 Å². The molecule has 0 atom stereocenters. The van der Waals surface area contributed by atoms with E-state index in [-0.39, 0.29) is 15.6 Å². The van der Waals surface area contributed by atoms with Gasteiger partial charge in [-0.2, -0.15) is 0 Å². The Bertz CT molecular complexity index is 1190. The summed E-state index contributed by atoms with van der Waals surface area (Å²) < 4.78 is 44.9. The lowest BCUT2D eigenvalue weighted by Gasteiger charge is -2.37. The average Bonchev–Trinajstić information content (AvgIpc) is 3.05. The fraction of sp³-hybridized carbons (Fsp3) is 0.333. The van der Waals surface area contributed by atoms with Crippen LogP contribution in [0.25, 0.3) is 11.4 Å². The molecule has 7 nitrogen and oxygen atoms in total. The highest BCUT2D eigenvalue weighted by Gasteiger charge is 2.37. The van der Waals surface area contributed by atoms with Gasteiger partial charge in [-0.05, 0) is 46.0 Å². The second-order valence-electron chi connectivity index (χ2n) is 8.07. The molecule has 1 aromatic heterocycles. The summed E-state index contributed by atoms with van der Waals surface area (Å²) in [6, 6.07) is 10.6. The van der Waals surface area contributed by atoms with E-state index in [1.165, 1.54) is 22.5 Å². The zero-order chi connectivity index (χ0) is 23.0. The number of rotatable bonds is 6. The molecule has 0 spiro atoms. The zero-order valence-electron chi connectivity index (χ0n) is 18.0. The maximum Gasteiger partial charge on any atom is 0.264 e. The topological polar surface area (TPSA) is 80.1 Å². The van der Waals surface area contributed by atoms with Crippen molar-refractivity contribution in [3.63, 3.8) is 0 Å². The smallest absolute Gasteiger partial charge is 0.264 e. The Kier molecular flexibility index (Phi) is 6.40. The Morgan fingerprint density at radius 2 is 1.81 bits per heavy atom. The van der Waals surface area contributed by atoms with Gasteiger partial charge in [0.05, 0.1) is 22.2 Å². The fourth-order valence-electron chi connectivity index (χ4n) is 3.34. The zero-order valence-corrected chi connectivity index (χ0v) is 19.6. The number of anilines is 1. The quantitative estimate of drug-likeness (QED) is 0.595. The number of hydrogen-bond donors (Lipinski definition) is 1. The van der Waals surface area contributed by atoms with Gasteiger partial charge in [-0.25, -0.2) is 12.8 Å². The van der Waals surface area contributed by atoms with Crippen LogP contribution >= 0.6 is 11.6 Å². The van der Waals surface area contributed by atoms with Crippen LogP contribution in [0, 0.1) is 5.82 Å². The molecule has 0 radical (unpaired) electrons. The fourth-order valence-corrected chi connectivity index (χ4v) is 5.35. The molecule has 3 aromatic rings. The first-order valence-corrected chi connectivity index (χ1v) is 11.4. The van der Waals surface area contributed by atoms with Gasteiger partial charge in [-0.1, -0.05) is 29.8 Å². The lowest BCUT2D eigenvalue weighted by molar-refractivity contribution is 0.534. The molecule has 0 bridgehead atoms. The van der Waals surface area contributed by atoms with E-state index >= 15 is 0 Å². The van der Waals surface area contributed by atoms with Crippen molar-refractivity contribution in [3.05, 3.63) is 59.1 Å². The van der Waals surface area contributed by atoms with Crippen molar-refractivity contribution in [2.24, 2.45) is 7.05 Å². The Labute approximate surface area is 186 Å². The van der Waals surface area contributed by atoms with Crippen molar-refractivity contribution < 1.29 is 12.8 Å². The number of aromatic nitrogens is 3. The summed E-state index contributed by atoms with van der Waals surface area (Å²) in [6.07, 6.45) is 0. The van der Waals surface area contributed by atoms with Crippen LogP contribution in [0.1, 0.15) is 26.6 Å². The summed E-state index contributed by atoms with van der Waals surface area (Å²) in [7, 11) is -0.494. The normalized spacial score (nSPS) is 12.2. The molecule has 31 heavy (non-hydrogen) atoms. The van der Waals surface area contributed by atoms with E-state index in [0.29, 0.717) is 23.8 Å². The van der Waals surface area contributed by atoms with Crippen molar-refractivity contribution in [1.82, 2.24) is 20.1 Å². The predicted molar refractivity (Wildman–Crippen MR) is 120 cm³/mol. The number of nitrogens with one attached hydrogen (secondary N) is 1. The molecule has 0 aliphatic carbocycles. The first-order chi connectivity index (χ1) is 14.5. The van der Waals surface area contributed by atoms with Crippen LogP contribution < -0.4 is 9.62 Å². The van der Waals surface area contributed by atoms with Gasteiger partial charge in [-0.3, -0.25) is 4.31 Å². The van der Waals surface area contributed by atoms with E-state index in [0.717, 1.165) is 6.07 Å². The van der Waals surface area contributed by atoms with E-state index in [4.69, 9.17) is 11.6 Å². The molecule has 0 unspecified atom stereocenters. The van der Waals surface area contributed by atoms with E-state index in [1.54, 1.807) is 57.6 Å². The highest BCUT2D eigenvalue weighted by Crippen LogP contribution is 2.40. The van der Waals surface area contributed by atoms with Gasteiger partial charge in [0.2, 0.25) is 0 Å². The van der Waals surface area contributed by atoms with Gasteiger partial charge in [0.15, 0.2) is 5.82 Å². The maximum absolute atomic E-state index is 14.6. The molecule has 1 N–H and O–H groups in total. The summed E-state index contributed by atoms with van der Waals surface area (Å²) in [5.41, 5.74) is -0.432. The molecular formula is C21H25ClFN5O2S. The number of hydrogen-bond acceptors (Lipinski definition) is 5. The third-order valence-electron chi connectivity index (χ3n) is 4.69. The van der Waals surface area contributed by atoms with E-state index in [2.05, 4.69) is 15.5 Å². The highest BCUT2D eigenvalue weighted by molar-refractivity contribution is 7.93. The summed E-state index contributed by atoms with van der Waals surface area (Å²) in [5.74, 6) is 0.285. The molecule has 0 saturated carbocycles. The third kappa shape index (κ3) is 4.44. The van der Waals surface area contributed by atoms with Crippen molar-refractivity contribution in [1.29, 1.82) is 0 Å². The molecule has 0 fully saturated rings. The molecule has 0 saturated heterocycles. The van der Waals surface area contributed by atoms with Crippen LogP contribution in [0.4, 0.5) is 10.1 Å². The summed E-state index contributed by atoms with van der Waals surface area (Å²) in [6.45, 7) is 5.69. The van der Waals surface area contributed by atoms with Gasteiger partial charge < -0.3 is 9.88 Å². The second kappa shape index (κ2) is 8.57. The van der Waals surface area contributed by atoms with Gasteiger partial charge in [0, 0.05) is 24.2 Å². The first kappa shape index (κ1) is 23.2. The minimum Gasteiger partial charge on any atom is -0.313 e. The largest absolute Gasteiger partial charge is 0.313 e. The van der Waals surface area contributed by atoms with Crippen molar-refractivity contribution in [3.8, 4) is 11.4 Å². The molecule has 166 valence electrons. The van der Waals surface area contributed by atoms with E-state index < -0.39 is 21.4 Å². The van der Waals surface area contributed by atoms with E-state index in [9.17, 15) is 12.8 Å². The Morgan fingerprint density at radius 3 is 2.39 bits per heavy atom. The SMILES string of the molecule is CNCc1nnc(-c2cc(Cl)c(F)cc2N(C(C)(C)C)S(=O)(=O)c2ccccc2)n1C. The Balaban J connectivity index is 2.32. The summed E-state index contributed by atoms with van der Waals surface area (Å²) in [4.78, 5) is 0.0973. The number of benzene rings is 2. The molecule has 0 aliphatic heterocycles. The first-order valence-electron chi connectivity index (χ1n) is 9.61. The Hall–Kier alpha value is -2.49. The molecule has 0 amide bonds. The minimum atomic E-state index is -4.03. The standard InChI is InChI=1S/C21H25ClFN5O2S/c1-21(2,3)28(31(29,30)14-9-7-6-8-10-14)18-12-17(23)16(22)11-15(18)20-26-25-19(13-24-4)27(20)5/h6-12,24H,13H2,1-5H3. The van der Waals surface area contributed by atoms with Crippen molar-refractivity contribution in [2.75, 3.05) is 11.4 Å². The van der Waals surface area contributed by atoms with Crippen molar-refractivity contribution >= 4 is 27.3 Å². The average molecular weight is 466 g/mol. The number of sulfonamides is 1. The van der Waals surface area contributed by atoms with Gasteiger partial charge in [0.25, 0.3) is 10.0 Å². The third-order valence-corrected chi connectivity index (χ3v) is 7.07. The molecule has 10 heteroatoms. The van der Waals surface area contributed by atoms with Gasteiger partial charge >= 0.3 is 0 Å². The van der Waals surface area contributed by atoms with Crippen LogP contribution in [0.3, 0.4) is 0 Å².